The van der Waals surface area contributed by atoms with Gasteiger partial charge in [0.2, 0.25) is 0 Å². The van der Waals surface area contributed by atoms with Gasteiger partial charge in [-0.15, -0.1) is 0 Å². The molecule has 4 heterocycles. The molecule has 4 rings (SSSR count). The van der Waals surface area contributed by atoms with Crippen molar-refractivity contribution in [3.8, 4) is 0 Å². The van der Waals surface area contributed by atoms with E-state index in [0.29, 0.717) is 24.3 Å². The lowest BCUT2D eigenvalue weighted by Gasteiger charge is -2.25. The third kappa shape index (κ3) is 3.40. The molecule has 138 valence electrons. The Morgan fingerprint density at radius 2 is 2.04 bits per heavy atom. The van der Waals surface area contributed by atoms with Gasteiger partial charge in [-0.1, -0.05) is 6.07 Å². The van der Waals surface area contributed by atoms with E-state index in [2.05, 4.69) is 14.9 Å². The highest BCUT2D eigenvalue weighted by Gasteiger charge is 2.42. The van der Waals surface area contributed by atoms with Crippen LogP contribution in [0.3, 0.4) is 0 Å². The van der Waals surface area contributed by atoms with Crippen molar-refractivity contribution in [3.05, 3.63) is 53.5 Å². The molecule has 2 aliphatic heterocycles. The summed E-state index contributed by atoms with van der Waals surface area (Å²) in [6.45, 7) is 5.25. The molecule has 2 aromatic heterocycles. The second kappa shape index (κ2) is 6.54. The minimum atomic E-state index is -4.34. The Kier molecular flexibility index (Phi) is 4.34. The molecule has 7 heteroatoms. The van der Waals surface area contributed by atoms with Gasteiger partial charge in [-0.3, -0.25) is 9.88 Å². The molecule has 0 saturated carbocycles. The van der Waals surface area contributed by atoms with Gasteiger partial charge in [-0.05, 0) is 50.1 Å². The van der Waals surface area contributed by atoms with E-state index in [1.165, 1.54) is 6.20 Å². The van der Waals surface area contributed by atoms with Crippen LogP contribution in [0.15, 0.2) is 36.5 Å². The quantitative estimate of drug-likeness (QED) is 0.836. The summed E-state index contributed by atoms with van der Waals surface area (Å²) in [6, 6.07) is 8.55. The van der Waals surface area contributed by atoms with E-state index in [1.54, 1.807) is 0 Å². The molecule has 0 amide bonds. The van der Waals surface area contributed by atoms with Crippen molar-refractivity contribution in [2.45, 2.75) is 32.1 Å². The maximum atomic E-state index is 13.0. The molecular weight excluding hydrogens is 341 g/mol. The molecule has 0 aromatic carbocycles. The molecule has 2 atom stereocenters. The third-order valence-corrected chi connectivity index (χ3v) is 5.37. The highest BCUT2D eigenvalue weighted by atomic mass is 19.4. The van der Waals surface area contributed by atoms with Crippen LogP contribution in [0.4, 0.5) is 19.0 Å². The lowest BCUT2D eigenvalue weighted by molar-refractivity contribution is -0.137. The highest BCUT2D eigenvalue weighted by molar-refractivity contribution is 5.44. The van der Waals surface area contributed by atoms with Crippen LogP contribution in [-0.2, 0) is 12.7 Å². The van der Waals surface area contributed by atoms with Gasteiger partial charge in [-0.2, -0.15) is 13.2 Å². The first kappa shape index (κ1) is 17.3. The van der Waals surface area contributed by atoms with E-state index in [9.17, 15) is 13.2 Å². The Bertz CT molecular complexity index is 792. The number of hydrogen-bond acceptors (Lipinski definition) is 4. The topological polar surface area (TPSA) is 32.3 Å². The first-order chi connectivity index (χ1) is 12.4. The predicted molar refractivity (Wildman–Crippen MR) is 92.7 cm³/mol. The number of aryl methyl sites for hydroxylation is 1. The number of anilines is 1. The Morgan fingerprint density at radius 3 is 2.81 bits per heavy atom. The molecule has 26 heavy (non-hydrogen) atoms. The van der Waals surface area contributed by atoms with Gasteiger partial charge in [0.05, 0.1) is 11.3 Å². The van der Waals surface area contributed by atoms with E-state index in [1.807, 2.05) is 30.0 Å². The molecule has 0 aliphatic carbocycles. The van der Waals surface area contributed by atoms with Crippen LogP contribution in [0.5, 0.6) is 0 Å². The van der Waals surface area contributed by atoms with Gasteiger partial charge < -0.3 is 4.90 Å². The lowest BCUT2D eigenvalue weighted by atomic mass is 10.1. The molecule has 2 saturated heterocycles. The summed E-state index contributed by atoms with van der Waals surface area (Å²) in [7, 11) is 0. The first-order valence-electron chi connectivity index (χ1n) is 8.85. The van der Waals surface area contributed by atoms with Crippen LogP contribution < -0.4 is 4.90 Å². The van der Waals surface area contributed by atoms with E-state index >= 15 is 0 Å². The van der Waals surface area contributed by atoms with E-state index < -0.39 is 11.7 Å². The Labute approximate surface area is 150 Å². The van der Waals surface area contributed by atoms with Crippen molar-refractivity contribution in [2.75, 3.05) is 24.5 Å². The smallest absolute Gasteiger partial charge is 0.355 e. The van der Waals surface area contributed by atoms with Crippen LogP contribution >= 0.6 is 0 Å². The number of pyridine rings is 2. The largest absolute Gasteiger partial charge is 0.416 e. The molecule has 4 nitrogen and oxygen atoms in total. The molecule has 0 bridgehead atoms. The van der Waals surface area contributed by atoms with Crippen molar-refractivity contribution in [3.63, 3.8) is 0 Å². The summed E-state index contributed by atoms with van der Waals surface area (Å²) in [6.07, 6.45) is -2.03. The number of hydrogen-bond donors (Lipinski definition) is 0. The van der Waals surface area contributed by atoms with Gasteiger partial charge in [0, 0.05) is 37.6 Å². The van der Waals surface area contributed by atoms with E-state index in [0.717, 1.165) is 49.6 Å². The Hall–Kier alpha value is -2.15. The average Bonchev–Trinajstić information content (AvgIpc) is 3.16. The number of halogens is 3. The van der Waals surface area contributed by atoms with Gasteiger partial charge in [0.1, 0.15) is 5.82 Å². The summed E-state index contributed by atoms with van der Waals surface area (Å²) in [5, 5.41) is 0. The molecule has 0 radical (unpaired) electrons. The zero-order valence-corrected chi connectivity index (χ0v) is 14.6. The Balaban J connectivity index is 1.48. The van der Waals surface area contributed by atoms with Gasteiger partial charge in [-0.25, -0.2) is 4.98 Å². The van der Waals surface area contributed by atoms with Gasteiger partial charge >= 0.3 is 6.18 Å². The van der Waals surface area contributed by atoms with Crippen LogP contribution in [0.25, 0.3) is 0 Å². The molecule has 0 spiro atoms. The fourth-order valence-corrected chi connectivity index (χ4v) is 4.10. The van der Waals surface area contributed by atoms with E-state index in [4.69, 9.17) is 0 Å². The average molecular weight is 362 g/mol. The molecule has 2 fully saturated rings. The third-order valence-electron chi connectivity index (χ3n) is 5.37. The molecule has 2 unspecified atom stereocenters. The van der Waals surface area contributed by atoms with Crippen LogP contribution in [0.1, 0.15) is 23.4 Å². The molecule has 2 aromatic rings. The number of nitrogens with zero attached hydrogens (tertiary/aromatic N) is 4. The van der Waals surface area contributed by atoms with Crippen LogP contribution in [0.2, 0.25) is 0 Å². The van der Waals surface area contributed by atoms with Crippen molar-refractivity contribution in [1.82, 2.24) is 14.9 Å². The van der Waals surface area contributed by atoms with E-state index in [-0.39, 0.29) is 0 Å². The minimum Gasteiger partial charge on any atom is -0.355 e. The SMILES string of the molecule is Cc1cccc(CN2CCC3CN(c4cc(C(F)(F)F)ccn4)CC32)n1. The fraction of sp³-hybridized carbons (Fsp3) is 0.474. The zero-order chi connectivity index (χ0) is 18.3. The normalized spacial score (nSPS) is 23.5. The minimum absolute atomic E-state index is 0.341. The molecular formula is C19H21F3N4. The number of rotatable bonds is 3. The summed E-state index contributed by atoms with van der Waals surface area (Å²) in [5.74, 6) is 0.888. The molecule has 2 aliphatic rings. The zero-order valence-electron chi connectivity index (χ0n) is 14.6. The Morgan fingerprint density at radius 1 is 1.19 bits per heavy atom. The summed E-state index contributed by atoms with van der Waals surface area (Å²) in [4.78, 5) is 13.1. The fourth-order valence-electron chi connectivity index (χ4n) is 4.10. The van der Waals surface area contributed by atoms with Crippen molar-refractivity contribution < 1.29 is 13.2 Å². The van der Waals surface area contributed by atoms with Gasteiger partial charge in [0.15, 0.2) is 0 Å². The first-order valence-corrected chi connectivity index (χ1v) is 8.85. The number of aromatic nitrogens is 2. The van der Waals surface area contributed by atoms with Crippen LogP contribution in [0, 0.1) is 12.8 Å². The maximum absolute atomic E-state index is 13.0. The predicted octanol–water partition coefficient (Wildman–Crippen LogP) is 3.51. The summed E-state index contributed by atoms with van der Waals surface area (Å²) >= 11 is 0. The number of alkyl halides is 3. The lowest BCUT2D eigenvalue weighted by Crippen LogP contribution is -2.35. The number of likely N-dealkylation sites (tertiary alicyclic amines) is 1. The van der Waals surface area contributed by atoms with Crippen molar-refractivity contribution in [2.24, 2.45) is 5.92 Å². The second-order valence-electron chi connectivity index (χ2n) is 7.16. The van der Waals surface area contributed by atoms with Crippen LogP contribution in [-0.4, -0.2) is 40.5 Å². The van der Waals surface area contributed by atoms with Crippen molar-refractivity contribution >= 4 is 5.82 Å². The van der Waals surface area contributed by atoms with Gasteiger partial charge in [0.25, 0.3) is 0 Å². The second-order valence-corrected chi connectivity index (χ2v) is 7.16. The van der Waals surface area contributed by atoms with Crippen molar-refractivity contribution in [1.29, 1.82) is 0 Å². The summed E-state index contributed by atoms with van der Waals surface area (Å²) < 4.78 is 38.9. The number of fused-ring (bicyclic) bond motifs is 1. The monoisotopic (exact) mass is 362 g/mol. The molecule has 0 N–H and O–H groups in total. The highest BCUT2D eigenvalue weighted by Crippen LogP contribution is 2.36. The maximum Gasteiger partial charge on any atom is 0.416 e. The summed E-state index contributed by atoms with van der Waals surface area (Å²) in [5.41, 5.74) is 1.40. The standard InChI is InChI=1S/C19H21F3N4/c1-13-3-2-4-16(24-13)11-25-8-6-14-10-26(12-17(14)25)18-9-15(5-7-23-18)19(20,21)22/h2-5,7,9,14,17H,6,8,10-12H2,1H3.